The third kappa shape index (κ3) is 2.98. The number of amides is 1. The number of likely N-dealkylation sites (N-methyl/N-ethyl adjacent to an activating group) is 1. The minimum Gasteiger partial charge on any atom is -0.351 e. The largest absolute Gasteiger partial charge is 0.351 e. The molecule has 0 saturated carbocycles. The number of rotatable bonds is 3. The highest BCUT2D eigenvalue weighted by Gasteiger charge is 2.36. The molecular formula is C16H25N3O2. The van der Waals surface area contributed by atoms with Gasteiger partial charge in [0.1, 0.15) is 0 Å². The van der Waals surface area contributed by atoms with Crippen molar-refractivity contribution in [2.24, 2.45) is 5.92 Å². The molecule has 0 radical (unpaired) electrons. The van der Waals surface area contributed by atoms with E-state index in [9.17, 15) is 4.79 Å². The van der Waals surface area contributed by atoms with Gasteiger partial charge in [-0.15, -0.1) is 0 Å². The molecule has 21 heavy (non-hydrogen) atoms. The van der Waals surface area contributed by atoms with E-state index in [0.29, 0.717) is 23.8 Å². The summed E-state index contributed by atoms with van der Waals surface area (Å²) in [5.41, 5.74) is 0.877. The van der Waals surface area contributed by atoms with Gasteiger partial charge < -0.3 is 9.42 Å². The van der Waals surface area contributed by atoms with Crippen molar-refractivity contribution in [3.05, 3.63) is 17.5 Å². The van der Waals surface area contributed by atoms with Crippen LogP contribution in [0.1, 0.15) is 49.4 Å². The Morgan fingerprint density at radius 3 is 2.90 bits per heavy atom. The summed E-state index contributed by atoms with van der Waals surface area (Å²) in [5.74, 6) is 0.908. The van der Waals surface area contributed by atoms with E-state index in [0.717, 1.165) is 31.6 Å². The zero-order chi connectivity index (χ0) is 15.0. The molecule has 2 bridgehead atoms. The fourth-order valence-corrected chi connectivity index (χ4v) is 3.58. The van der Waals surface area contributed by atoms with Gasteiger partial charge in [0.05, 0.1) is 5.69 Å². The van der Waals surface area contributed by atoms with Crippen LogP contribution in [0.4, 0.5) is 0 Å². The number of hydrogen-bond acceptors (Lipinski definition) is 4. The fraction of sp³-hybridized carbons (Fsp3) is 0.750. The Kier molecular flexibility index (Phi) is 4.02. The SMILES string of the molecule is CC(C)Cc1cc(C(=O)N2CC[C@@H]3CC[C@H](C2)N3C)on1. The summed E-state index contributed by atoms with van der Waals surface area (Å²) in [7, 11) is 2.19. The number of aromatic nitrogens is 1. The van der Waals surface area contributed by atoms with Crippen LogP contribution >= 0.6 is 0 Å². The first kappa shape index (κ1) is 14.6. The van der Waals surface area contributed by atoms with E-state index in [1.54, 1.807) is 0 Å². The molecule has 1 amide bonds. The maximum Gasteiger partial charge on any atom is 0.292 e. The molecule has 2 aliphatic rings. The van der Waals surface area contributed by atoms with Gasteiger partial charge in [0.2, 0.25) is 5.76 Å². The maximum atomic E-state index is 12.6. The van der Waals surface area contributed by atoms with E-state index in [-0.39, 0.29) is 5.91 Å². The topological polar surface area (TPSA) is 49.6 Å². The molecule has 2 atom stereocenters. The lowest BCUT2D eigenvalue weighted by Crippen LogP contribution is -2.39. The monoisotopic (exact) mass is 291 g/mol. The Morgan fingerprint density at radius 1 is 1.38 bits per heavy atom. The van der Waals surface area contributed by atoms with Gasteiger partial charge in [-0.2, -0.15) is 0 Å². The quantitative estimate of drug-likeness (QED) is 0.856. The average molecular weight is 291 g/mol. The van der Waals surface area contributed by atoms with E-state index >= 15 is 0 Å². The van der Waals surface area contributed by atoms with Gasteiger partial charge in [-0.25, -0.2) is 0 Å². The van der Waals surface area contributed by atoms with Crippen molar-refractivity contribution >= 4 is 5.91 Å². The van der Waals surface area contributed by atoms with Crippen molar-refractivity contribution in [2.45, 2.75) is 51.6 Å². The van der Waals surface area contributed by atoms with Crippen molar-refractivity contribution in [3.8, 4) is 0 Å². The molecule has 3 heterocycles. The molecular weight excluding hydrogens is 266 g/mol. The van der Waals surface area contributed by atoms with Gasteiger partial charge in [-0.05, 0) is 38.6 Å². The average Bonchev–Trinajstić information content (AvgIpc) is 2.94. The van der Waals surface area contributed by atoms with Crippen LogP contribution in [0.25, 0.3) is 0 Å². The van der Waals surface area contributed by atoms with Crippen molar-refractivity contribution in [3.63, 3.8) is 0 Å². The second-order valence-corrected chi connectivity index (χ2v) is 6.87. The van der Waals surface area contributed by atoms with Gasteiger partial charge in [-0.1, -0.05) is 19.0 Å². The second kappa shape index (κ2) is 5.79. The van der Waals surface area contributed by atoms with E-state index in [2.05, 4.69) is 31.0 Å². The van der Waals surface area contributed by atoms with E-state index in [1.807, 2.05) is 11.0 Å². The lowest BCUT2D eigenvalue weighted by molar-refractivity contribution is 0.0698. The first-order chi connectivity index (χ1) is 10.0. The van der Waals surface area contributed by atoms with Crippen LogP contribution in [0.5, 0.6) is 0 Å². The number of likely N-dealkylation sites (tertiary alicyclic amines) is 1. The molecule has 116 valence electrons. The highest BCUT2D eigenvalue weighted by molar-refractivity contribution is 5.91. The lowest BCUT2D eigenvalue weighted by atomic mass is 10.1. The molecule has 5 nitrogen and oxygen atoms in total. The molecule has 0 aliphatic carbocycles. The van der Waals surface area contributed by atoms with Crippen molar-refractivity contribution < 1.29 is 9.32 Å². The molecule has 1 aromatic rings. The van der Waals surface area contributed by atoms with Gasteiger partial charge in [0, 0.05) is 31.2 Å². The van der Waals surface area contributed by atoms with E-state index in [1.165, 1.54) is 12.8 Å². The summed E-state index contributed by atoms with van der Waals surface area (Å²) in [6.07, 6.45) is 4.37. The molecule has 0 aromatic carbocycles. The van der Waals surface area contributed by atoms with E-state index < -0.39 is 0 Å². The van der Waals surface area contributed by atoms with Crippen LogP contribution in [0, 0.1) is 5.92 Å². The van der Waals surface area contributed by atoms with Crippen molar-refractivity contribution in [1.82, 2.24) is 15.0 Å². The molecule has 5 heteroatoms. The third-order valence-electron chi connectivity index (χ3n) is 4.82. The van der Waals surface area contributed by atoms with Gasteiger partial charge in [0.25, 0.3) is 5.91 Å². The van der Waals surface area contributed by atoms with Crippen LogP contribution in [0.2, 0.25) is 0 Å². The van der Waals surface area contributed by atoms with Gasteiger partial charge >= 0.3 is 0 Å². The minimum atomic E-state index is -0.00143. The number of carbonyl (C=O) groups is 1. The molecule has 2 aliphatic heterocycles. The molecule has 2 fully saturated rings. The standard InChI is InChI=1S/C16H25N3O2/c1-11(2)8-12-9-15(21-17-12)16(20)19-7-6-13-4-5-14(10-19)18(13)3/h9,11,13-14H,4-8,10H2,1-3H3/t13-,14+/m0/s1. The van der Waals surface area contributed by atoms with Crippen LogP contribution in [-0.2, 0) is 6.42 Å². The summed E-state index contributed by atoms with van der Waals surface area (Å²) >= 11 is 0. The third-order valence-corrected chi connectivity index (χ3v) is 4.82. The molecule has 3 rings (SSSR count). The molecule has 0 N–H and O–H groups in total. The zero-order valence-corrected chi connectivity index (χ0v) is 13.2. The summed E-state index contributed by atoms with van der Waals surface area (Å²) in [6, 6.07) is 2.95. The summed E-state index contributed by atoms with van der Waals surface area (Å²) in [6.45, 7) is 5.91. The normalized spacial score (nSPS) is 26.4. The molecule has 0 spiro atoms. The van der Waals surface area contributed by atoms with Crippen molar-refractivity contribution in [1.29, 1.82) is 0 Å². The first-order valence-corrected chi connectivity index (χ1v) is 8.01. The number of nitrogens with zero attached hydrogens (tertiary/aromatic N) is 3. The first-order valence-electron chi connectivity index (χ1n) is 8.01. The van der Waals surface area contributed by atoms with Crippen LogP contribution in [0.15, 0.2) is 10.6 Å². The number of carbonyl (C=O) groups excluding carboxylic acids is 1. The smallest absolute Gasteiger partial charge is 0.292 e. The Morgan fingerprint density at radius 2 is 2.14 bits per heavy atom. The summed E-state index contributed by atoms with van der Waals surface area (Å²) in [4.78, 5) is 17.0. The van der Waals surface area contributed by atoms with Gasteiger partial charge in [-0.3, -0.25) is 9.69 Å². The molecule has 0 unspecified atom stereocenters. The van der Waals surface area contributed by atoms with Crippen LogP contribution < -0.4 is 0 Å². The van der Waals surface area contributed by atoms with Crippen LogP contribution in [-0.4, -0.2) is 53.1 Å². The Bertz CT molecular complexity index is 511. The highest BCUT2D eigenvalue weighted by atomic mass is 16.5. The summed E-state index contributed by atoms with van der Waals surface area (Å²) in [5, 5.41) is 4.03. The Balaban J connectivity index is 1.69. The highest BCUT2D eigenvalue weighted by Crippen LogP contribution is 2.29. The molecule has 2 saturated heterocycles. The number of hydrogen-bond donors (Lipinski definition) is 0. The predicted molar refractivity (Wildman–Crippen MR) is 80.1 cm³/mol. The zero-order valence-electron chi connectivity index (χ0n) is 13.2. The van der Waals surface area contributed by atoms with Crippen LogP contribution in [0.3, 0.4) is 0 Å². The van der Waals surface area contributed by atoms with E-state index in [4.69, 9.17) is 4.52 Å². The minimum absolute atomic E-state index is 0.00143. The van der Waals surface area contributed by atoms with Gasteiger partial charge in [0.15, 0.2) is 0 Å². The Labute approximate surface area is 126 Å². The maximum absolute atomic E-state index is 12.6. The Hall–Kier alpha value is -1.36. The summed E-state index contributed by atoms with van der Waals surface area (Å²) < 4.78 is 5.27. The second-order valence-electron chi connectivity index (χ2n) is 6.87. The van der Waals surface area contributed by atoms with Crippen molar-refractivity contribution in [2.75, 3.05) is 20.1 Å². The number of fused-ring (bicyclic) bond motifs is 2. The molecule has 1 aromatic heterocycles. The predicted octanol–water partition coefficient (Wildman–Crippen LogP) is 2.18. The fourth-order valence-electron chi connectivity index (χ4n) is 3.58. The lowest BCUT2D eigenvalue weighted by Gasteiger charge is -2.24.